The van der Waals surface area contributed by atoms with Gasteiger partial charge < -0.3 is 10.2 Å². The summed E-state index contributed by atoms with van der Waals surface area (Å²) in [4.78, 5) is 27.5. The molecule has 1 aliphatic heterocycles. The molecule has 6 nitrogen and oxygen atoms in total. The monoisotopic (exact) mass is 448 g/mol. The largest absolute Gasteiger partial charge is 0.349 e. The summed E-state index contributed by atoms with van der Waals surface area (Å²) in [6, 6.07) is 13.0. The lowest BCUT2D eigenvalue weighted by Gasteiger charge is -2.32. The van der Waals surface area contributed by atoms with Gasteiger partial charge in [-0.1, -0.05) is 23.7 Å². The second-order valence-corrected chi connectivity index (χ2v) is 10.1. The van der Waals surface area contributed by atoms with Gasteiger partial charge in [0.15, 0.2) is 9.84 Å². The Labute approximate surface area is 182 Å². The number of nitrogens with zero attached hydrogens (tertiary/aromatic N) is 1. The molecule has 2 unspecified atom stereocenters. The molecular weight excluding hydrogens is 424 g/mol. The fourth-order valence-electron chi connectivity index (χ4n) is 3.57. The molecule has 30 heavy (non-hydrogen) atoms. The van der Waals surface area contributed by atoms with Gasteiger partial charge in [-0.05, 0) is 61.7 Å². The maximum Gasteiger partial charge on any atom is 0.253 e. The zero-order valence-corrected chi connectivity index (χ0v) is 18.5. The zero-order valence-electron chi connectivity index (χ0n) is 17.0. The van der Waals surface area contributed by atoms with Crippen LogP contribution < -0.4 is 5.32 Å². The van der Waals surface area contributed by atoms with E-state index >= 15 is 0 Å². The van der Waals surface area contributed by atoms with Crippen LogP contribution in [-0.4, -0.2) is 44.5 Å². The first-order valence-electron chi connectivity index (χ1n) is 9.80. The van der Waals surface area contributed by atoms with Crippen molar-refractivity contribution < 1.29 is 18.0 Å². The Kier molecular flexibility index (Phi) is 6.83. The van der Waals surface area contributed by atoms with Gasteiger partial charge in [0.1, 0.15) is 0 Å². The number of carbonyl (C=O) groups is 2. The lowest BCUT2D eigenvalue weighted by atomic mass is 9.95. The van der Waals surface area contributed by atoms with Crippen LogP contribution in [0.1, 0.15) is 41.7 Å². The van der Waals surface area contributed by atoms with Crippen LogP contribution >= 0.6 is 11.6 Å². The number of carbonyl (C=O) groups excluding carboxylic acids is 2. The molecule has 8 heteroatoms. The molecule has 1 heterocycles. The number of piperidine rings is 1. The van der Waals surface area contributed by atoms with Crippen molar-refractivity contribution in [2.45, 2.75) is 30.7 Å². The highest BCUT2D eigenvalue weighted by atomic mass is 35.5. The highest BCUT2D eigenvalue weighted by molar-refractivity contribution is 7.90. The lowest BCUT2D eigenvalue weighted by Crippen LogP contribution is -2.45. The molecule has 0 radical (unpaired) electrons. The van der Waals surface area contributed by atoms with E-state index in [1.165, 1.54) is 0 Å². The number of rotatable bonds is 5. The van der Waals surface area contributed by atoms with Gasteiger partial charge in [0.2, 0.25) is 5.91 Å². The molecule has 2 aromatic carbocycles. The minimum atomic E-state index is -3.26. The van der Waals surface area contributed by atoms with E-state index in [1.54, 1.807) is 53.4 Å². The van der Waals surface area contributed by atoms with E-state index in [1.807, 2.05) is 6.92 Å². The van der Waals surface area contributed by atoms with Crippen LogP contribution in [0.25, 0.3) is 0 Å². The molecule has 0 spiro atoms. The summed E-state index contributed by atoms with van der Waals surface area (Å²) in [7, 11) is -3.26. The molecule has 0 saturated carbocycles. The average Bonchev–Trinajstić information content (AvgIpc) is 2.73. The highest BCUT2D eigenvalue weighted by Crippen LogP contribution is 2.22. The van der Waals surface area contributed by atoms with E-state index in [2.05, 4.69) is 5.32 Å². The molecule has 2 atom stereocenters. The van der Waals surface area contributed by atoms with Crippen LogP contribution in [0.15, 0.2) is 53.4 Å². The Bertz CT molecular complexity index is 1020. The van der Waals surface area contributed by atoms with Crippen molar-refractivity contribution >= 4 is 33.3 Å². The standard InChI is InChI=1S/C22H25ClN2O4S/c1-15(16-7-11-20(12-8-16)30(2,28)29)24-21(26)18-4-3-13-25(14-18)22(27)17-5-9-19(23)10-6-17/h5-12,15,18H,3-4,13-14H2,1-2H3,(H,24,26). The minimum Gasteiger partial charge on any atom is -0.349 e. The molecular formula is C22H25ClN2O4S. The SMILES string of the molecule is CC(NC(=O)C1CCCN(C(=O)c2ccc(Cl)cc2)C1)c1ccc(S(C)(=O)=O)cc1. The van der Waals surface area contributed by atoms with E-state index in [4.69, 9.17) is 11.6 Å². The molecule has 0 aromatic heterocycles. The molecule has 160 valence electrons. The van der Waals surface area contributed by atoms with E-state index in [-0.39, 0.29) is 28.7 Å². The van der Waals surface area contributed by atoms with Gasteiger partial charge in [0.25, 0.3) is 5.91 Å². The van der Waals surface area contributed by atoms with Crippen LogP contribution in [0.4, 0.5) is 0 Å². The Morgan fingerprint density at radius 3 is 2.33 bits per heavy atom. The summed E-state index contributed by atoms with van der Waals surface area (Å²) in [5, 5.41) is 3.56. The molecule has 2 amide bonds. The van der Waals surface area contributed by atoms with Crippen molar-refractivity contribution in [2.75, 3.05) is 19.3 Å². The van der Waals surface area contributed by atoms with Gasteiger partial charge in [-0.15, -0.1) is 0 Å². The number of halogens is 1. The Balaban J connectivity index is 1.62. The molecule has 1 aliphatic rings. The summed E-state index contributed by atoms with van der Waals surface area (Å²) >= 11 is 5.89. The third-order valence-corrected chi connectivity index (χ3v) is 6.72. The van der Waals surface area contributed by atoms with Crippen molar-refractivity contribution in [3.05, 3.63) is 64.7 Å². The Hall–Kier alpha value is -2.38. The van der Waals surface area contributed by atoms with Crippen molar-refractivity contribution in [2.24, 2.45) is 5.92 Å². The van der Waals surface area contributed by atoms with E-state index < -0.39 is 9.84 Å². The zero-order chi connectivity index (χ0) is 21.9. The third-order valence-electron chi connectivity index (χ3n) is 5.34. The van der Waals surface area contributed by atoms with Gasteiger partial charge in [-0.3, -0.25) is 9.59 Å². The van der Waals surface area contributed by atoms with Gasteiger partial charge >= 0.3 is 0 Å². The lowest BCUT2D eigenvalue weighted by molar-refractivity contribution is -0.127. The third kappa shape index (κ3) is 5.40. The number of hydrogen-bond donors (Lipinski definition) is 1. The van der Waals surface area contributed by atoms with Gasteiger partial charge in [-0.25, -0.2) is 8.42 Å². The first-order chi connectivity index (χ1) is 14.1. The maximum absolute atomic E-state index is 12.8. The van der Waals surface area contributed by atoms with Crippen LogP contribution in [0, 0.1) is 5.92 Å². The summed E-state index contributed by atoms with van der Waals surface area (Å²) in [6.07, 6.45) is 2.64. The predicted molar refractivity (Wildman–Crippen MR) is 116 cm³/mol. The predicted octanol–water partition coefficient (Wildman–Crippen LogP) is 3.47. The van der Waals surface area contributed by atoms with Crippen LogP contribution in [0.3, 0.4) is 0 Å². The average molecular weight is 449 g/mol. The number of amides is 2. The maximum atomic E-state index is 12.8. The topological polar surface area (TPSA) is 83.6 Å². The molecule has 2 aromatic rings. The summed E-state index contributed by atoms with van der Waals surface area (Å²) < 4.78 is 23.2. The fourth-order valence-corrected chi connectivity index (χ4v) is 4.33. The van der Waals surface area contributed by atoms with E-state index in [9.17, 15) is 18.0 Å². The first kappa shape index (κ1) is 22.3. The Morgan fingerprint density at radius 2 is 1.73 bits per heavy atom. The van der Waals surface area contributed by atoms with Crippen molar-refractivity contribution in [3.63, 3.8) is 0 Å². The van der Waals surface area contributed by atoms with Crippen molar-refractivity contribution in [1.29, 1.82) is 0 Å². The molecule has 1 fully saturated rings. The van der Waals surface area contributed by atoms with Crippen LogP contribution in [0.5, 0.6) is 0 Å². The highest BCUT2D eigenvalue weighted by Gasteiger charge is 2.29. The fraction of sp³-hybridized carbons (Fsp3) is 0.364. The van der Waals surface area contributed by atoms with E-state index in [0.29, 0.717) is 23.7 Å². The normalized spacial score (nSPS) is 18.0. The number of nitrogens with one attached hydrogen (secondary N) is 1. The van der Waals surface area contributed by atoms with Gasteiger partial charge in [0, 0.05) is 29.9 Å². The van der Waals surface area contributed by atoms with Crippen LogP contribution in [0.2, 0.25) is 5.02 Å². The summed E-state index contributed by atoms with van der Waals surface area (Å²) in [5.41, 5.74) is 1.38. The number of hydrogen-bond acceptors (Lipinski definition) is 4. The van der Waals surface area contributed by atoms with Crippen molar-refractivity contribution in [3.8, 4) is 0 Å². The first-order valence-corrected chi connectivity index (χ1v) is 12.1. The number of likely N-dealkylation sites (tertiary alicyclic amines) is 1. The molecule has 3 rings (SSSR count). The summed E-state index contributed by atoms with van der Waals surface area (Å²) in [5.74, 6) is -0.496. The van der Waals surface area contributed by atoms with Gasteiger partial charge in [0.05, 0.1) is 16.9 Å². The number of sulfone groups is 1. The number of benzene rings is 2. The molecule has 1 saturated heterocycles. The van der Waals surface area contributed by atoms with Crippen molar-refractivity contribution in [1.82, 2.24) is 10.2 Å². The molecule has 0 bridgehead atoms. The van der Waals surface area contributed by atoms with Gasteiger partial charge in [-0.2, -0.15) is 0 Å². The smallest absolute Gasteiger partial charge is 0.253 e. The second kappa shape index (κ2) is 9.18. The van der Waals surface area contributed by atoms with Crippen LogP contribution in [-0.2, 0) is 14.6 Å². The second-order valence-electron chi connectivity index (χ2n) is 7.67. The summed E-state index contributed by atoms with van der Waals surface area (Å²) in [6.45, 7) is 2.84. The molecule has 0 aliphatic carbocycles. The Morgan fingerprint density at radius 1 is 1.10 bits per heavy atom. The quantitative estimate of drug-likeness (QED) is 0.759. The van der Waals surface area contributed by atoms with E-state index in [0.717, 1.165) is 24.7 Å². The minimum absolute atomic E-state index is 0.103. The molecule has 1 N–H and O–H groups in total.